The maximum Gasteiger partial charge on any atom is 0.194 e. The first kappa shape index (κ1) is 22.1. The van der Waals surface area contributed by atoms with Gasteiger partial charge in [-0.1, -0.05) is 29.3 Å². The molecule has 0 aliphatic carbocycles. The molecular weight excluding hydrogens is 389 g/mol. The van der Waals surface area contributed by atoms with Gasteiger partial charge in [0.15, 0.2) is 5.96 Å². The summed E-state index contributed by atoms with van der Waals surface area (Å²) in [6.45, 7) is 7.70. The van der Waals surface area contributed by atoms with Crippen LogP contribution in [0.5, 0.6) is 5.75 Å². The van der Waals surface area contributed by atoms with Gasteiger partial charge in [0.25, 0.3) is 0 Å². The van der Waals surface area contributed by atoms with Gasteiger partial charge in [0.1, 0.15) is 23.5 Å². The fourth-order valence-corrected chi connectivity index (χ4v) is 3.27. The summed E-state index contributed by atoms with van der Waals surface area (Å²) in [5, 5.41) is 14.3. The first-order chi connectivity index (χ1) is 13.0. The number of rotatable bonds is 8. The monoisotopic (exact) mass is 417 g/mol. The van der Waals surface area contributed by atoms with Gasteiger partial charge in [0.05, 0.1) is 17.7 Å². The molecule has 1 unspecified atom stereocenters. The molecule has 2 N–H and O–H groups in total. The van der Waals surface area contributed by atoms with Crippen LogP contribution in [0.2, 0.25) is 10.0 Å². The Balaban J connectivity index is 1.85. The van der Waals surface area contributed by atoms with Crippen molar-refractivity contribution in [2.75, 3.05) is 39.4 Å². The third-order valence-corrected chi connectivity index (χ3v) is 5.08. The number of aliphatic hydroxyl groups is 1. The van der Waals surface area contributed by atoms with E-state index in [1.165, 1.54) is 0 Å². The van der Waals surface area contributed by atoms with Crippen LogP contribution in [0.3, 0.4) is 0 Å². The van der Waals surface area contributed by atoms with E-state index in [0.717, 1.165) is 45.0 Å². The highest BCUT2D eigenvalue weighted by atomic mass is 35.5. The number of halogens is 2. The van der Waals surface area contributed by atoms with E-state index in [1.54, 1.807) is 18.2 Å². The Morgan fingerprint density at radius 2 is 2.07 bits per heavy atom. The maximum absolute atomic E-state index is 10.2. The Morgan fingerprint density at radius 1 is 1.33 bits per heavy atom. The van der Waals surface area contributed by atoms with Crippen molar-refractivity contribution in [2.45, 2.75) is 38.9 Å². The average Bonchev–Trinajstić information content (AvgIpc) is 2.67. The highest BCUT2D eigenvalue weighted by molar-refractivity contribution is 6.42. The van der Waals surface area contributed by atoms with E-state index in [0.29, 0.717) is 21.9 Å². The first-order valence-electron chi connectivity index (χ1n) is 9.44. The van der Waals surface area contributed by atoms with Crippen molar-refractivity contribution >= 4 is 29.2 Å². The minimum Gasteiger partial charge on any atom is -0.489 e. The van der Waals surface area contributed by atoms with E-state index in [1.807, 2.05) is 13.8 Å². The number of likely N-dealkylation sites (tertiary alicyclic amines) is 1. The van der Waals surface area contributed by atoms with Crippen molar-refractivity contribution in [2.24, 2.45) is 4.99 Å². The van der Waals surface area contributed by atoms with Crippen LogP contribution in [0.4, 0.5) is 0 Å². The molecule has 0 bridgehead atoms. The number of hydrogen-bond acceptors (Lipinski definition) is 4. The van der Waals surface area contributed by atoms with E-state index in [2.05, 4.69) is 15.2 Å². The summed E-state index contributed by atoms with van der Waals surface area (Å²) in [6, 6.07) is 5.16. The highest BCUT2D eigenvalue weighted by Crippen LogP contribution is 2.31. The summed E-state index contributed by atoms with van der Waals surface area (Å²) in [7, 11) is 0. The molecule has 0 aromatic heterocycles. The van der Waals surface area contributed by atoms with E-state index in [4.69, 9.17) is 32.7 Å². The molecule has 0 saturated carbocycles. The Kier molecular flexibility index (Phi) is 9.48. The number of nitrogens with zero attached hydrogens (tertiary/aromatic N) is 2. The van der Waals surface area contributed by atoms with E-state index >= 15 is 0 Å². The number of piperidine rings is 1. The van der Waals surface area contributed by atoms with Gasteiger partial charge in [-0.2, -0.15) is 0 Å². The predicted octanol–water partition coefficient (Wildman–Crippen LogP) is 3.20. The van der Waals surface area contributed by atoms with Crippen LogP contribution in [0.25, 0.3) is 0 Å². The van der Waals surface area contributed by atoms with Crippen molar-refractivity contribution in [3.8, 4) is 5.75 Å². The van der Waals surface area contributed by atoms with Gasteiger partial charge >= 0.3 is 0 Å². The number of benzene rings is 1. The summed E-state index contributed by atoms with van der Waals surface area (Å²) >= 11 is 12.1. The number of aliphatic hydroxyl groups excluding tert-OH is 1. The van der Waals surface area contributed by atoms with Gasteiger partial charge in [0, 0.05) is 26.2 Å². The maximum atomic E-state index is 10.2. The van der Waals surface area contributed by atoms with Crippen LogP contribution in [0.15, 0.2) is 23.2 Å². The molecule has 152 valence electrons. The normalized spacial score (nSPS) is 17.1. The van der Waals surface area contributed by atoms with Crippen LogP contribution in [-0.4, -0.2) is 67.6 Å². The number of aliphatic imine (C=N–C) groups is 1. The molecule has 1 atom stereocenters. The quantitative estimate of drug-likeness (QED) is 0.502. The minimum absolute atomic E-state index is 0.0926. The SMILES string of the molecule is CCNC(=NCC(O)COc1cccc(Cl)c1Cl)N1CCC(OCC)CC1. The lowest BCUT2D eigenvalue weighted by Crippen LogP contribution is -2.47. The summed E-state index contributed by atoms with van der Waals surface area (Å²) in [4.78, 5) is 6.77. The zero-order valence-corrected chi connectivity index (χ0v) is 17.5. The summed E-state index contributed by atoms with van der Waals surface area (Å²) < 4.78 is 11.3. The Bertz CT molecular complexity index is 608. The van der Waals surface area contributed by atoms with Gasteiger partial charge in [-0.05, 0) is 38.8 Å². The van der Waals surface area contributed by atoms with Crippen LogP contribution in [-0.2, 0) is 4.74 Å². The summed E-state index contributed by atoms with van der Waals surface area (Å²) in [6.07, 6.45) is 1.55. The van der Waals surface area contributed by atoms with Crippen molar-refractivity contribution in [1.29, 1.82) is 0 Å². The lowest BCUT2D eigenvalue weighted by atomic mass is 10.1. The van der Waals surface area contributed by atoms with Crippen LogP contribution in [0.1, 0.15) is 26.7 Å². The molecule has 27 heavy (non-hydrogen) atoms. The Morgan fingerprint density at radius 3 is 2.74 bits per heavy atom. The summed E-state index contributed by atoms with van der Waals surface area (Å²) in [5.41, 5.74) is 0. The molecule has 1 aliphatic rings. The van der Waals surface area contributed by atoms with Gasteiger partial charge < -0.3 is 24.8 Å². The van der Waals surface area contributed by atoms with E-state index in [9.17, 15) is 5.11 Å². The molecule has 2 rings (SSSR count). The second kappa shape index (κ2) is 11.6. The highest BCUT2D eigenvalue weighted by Gasteiger charge is 2.21. The zero-order chi connectivity index (χ0) is 19.6. The molecule has 0 spiro atoms. The van der Waals surface area contributed by atoms with Crippen LogP contribution in [0, 0.1) is 0 Å². The lowest BCUT2D eigenvalue weighted by Gasteiger charge is -2.34. The standard InChI is InChI=1S/C19H29Cl2N3O3/c1-3-22-19(24-10-8-15(9-11-24)26-4-2)23-12-14(25)13-27-17-7-5-6-16(20)18(17)21/h5-7,14-15,25H,3-4,8-13H2,1-2H3,(H,22,23). The largest absolute Gasteiger partial charge is 0.489 e. The molecule has 1 aromatic rings. The first-order valence-corrected chi connectivity index (χ1v) is 10.2. The molecule has 1 fully saturated rings. The zero-order valence-electron chi connectivity index (χ0n) is 16.0. The number of hydrogen-bond donors (Lipinski definition) is 2. The van der Waals surface area contributed by atoms with Crippen molar-refractivity contribution < 1.29 is 14.6 Å². The Hall–Kier alpha value is -1.21. The van der Waals surface area contributed by atoms with E-state index < -0.39 is 6.10 Å². The molecule has 6 nitrogen and oxygen atoms in total. The smallest absolute Gasteiger partial charge is 0.194 e. The second-order valence-corrected chi connectivity index (χ2v) is 7.14. The molecule has 0 amide bonds. The topological polar surface area (TPSA) is 66.3 Å². The molecule has 0 radical (unpaired) electrons. The second-order valence-electron chi connectivity index (χ2n) is 6.35. The number of ether oxygens (including phenoxy) is 2. The van der Waals surface area contributed by atoms with Crippen LogP contribution < -0.4 is 10.1 Å². The van der Waals surface area contributed by atoms with Crippen molar-refractivity contribution in [3.63, 3.8) is 0 Å². The Labute approximate surface area is 171 Å². The molecule has 8 heteroatoms. The molecule has 1 aliphatic heterocycles. The summed E-state index contributed by atoms with van der Waals surface area (Å²) in [5.74, 6) is 1.27. The molecular formula is C19H29Cl2N3O3. The van der Waals surface area contributed by atoms with Gasteiger partial charge in [0.2, 0.25) is 0 Å². The van der Waals surface area contributed by atoms with Gasteiger partial charge in [-0.15, -0.1) is 0 Å². The third-order valence-electron chi connectivity index (χ3n) is 4.28. The van der Waals surface area contributed by atoms with Crippen LogP contribution >= 0.6 is 23.2 Å². The van der Waals surface area contributed by atoms with Crippen molar-refractivity contribution in [3.05, 3.63) is 28.2 Å². The number of guanidine groups is 1. The van der Waals surface area contributed by atoms with E-state index in [-0.39, 0.29) is 13.2 Å². The fourth-order valence-electron chi connectivity index (χ4n) is 2.92. The van der Waals surface area contributed by atoms with Gasteiger partial charge in [-0.25, -0.2) is 0 Å². The van der Waals surface area contributed by atoms with Gasteiger partial charge in [-0.3, -0.25) is 4.99 Å². The minimum atomic E-state index is -0.741. The molecule has 1 saturated heterocycles. The average molecular weight is 418 g/mol. The lowest BCUT2D eigenvalue weighted by molar-refractivity contribution is 0.0263. The number of nitrogens with one attached hydrogen (secondary N) is 1. The molecule has 1 aromatic carbocycles. The predicted molar refractivity (Wildman–Crippen MR) is 110 cm³/mol. The van der Waals surface area contributed by atoms with Crippen molar-refractivity contribution in [1.82, 2.24) is 10.2 Å². The molecule has 1 heterocycles. The fraction of sp³-hybridized carbons (Fsp3) is 0.632. The third kappa shape index (κ3) is 7.03.